The van der Waals surface area contributed by atoms with Crippen molar-refractivity contribution < 1.29 is 0 Å². The van der Waals surface area contributed by atoms with Crippen LogP contribution in [0, 0.1) is 0 Å². The molecule has 1 aliphatic carbocycles. The lowest BCUT2D eigenvalue weighted by atomic mass is 10.1. The van der Waals surface area contributed by atoms with Crippen molar-refractivity contribution in [2.24, 2.45) is 0 Å². The molecule has 1 unspecified atom stereocenters. The molecular formula is C16H26N4. The SMILES string of the molecule is CC(CNc1ncnc2c1CCCCC2)N1CCCC1. The number of hydrogen-bond donors (Lipinski definition) is 1. The summed E-state index contributed by atoms with van der Waals surface area (Å²) in [5.74, 6) is 1.09. The van der Waals surface area contributed by atoms with E-state index in [1.807, 2.05) is 0 Å². The molecule has 110 valence electrons. The molecule has 4 heteroatoms. The van der Waals surface area contributed by atoms with Crippen molar-refractivity contribution >= 4 is 5.82 Å². The van der Waals surface area contributed by atoms with Gasteiger partial charge in [-0.05, 0) is 58.5 Å². The Morgan fingerprint density at radius 2 is 1.90 bits per heavy atom. The number of anilines is 1. The number of aromatic nitrogens is 2. The summed E-state index contributed by atoms with van der Waals surface area (Å²) in [4.78, 5) is 11.6. The Hall–Kier alpha value is -1.16. The maximum atomic E-state index is 4.49. The fourth-order valence-electron chi connectivity index (χ4n) is 3.41. The van der Waals surface area contributed by atoms with E-state index in [4.69, 9.17) is 0 Å². The zero-order chi connectivity index (χ0) is 13.8. The van der Waals surface area contributed by atoms with Crippen molar-refractivity contribution in [3.05, 3.63) is 17.6 Å². The highest BCUT2D eigenvalue weighted by molar-refractivity contribution is 5.46. The molecule has 0 amide bonds. The van der Waals surface area contributed by atoms with Gasteiger partial charge in [-0.3, -0.25) is 4.90 Å². The van der Waals surface area contributed by atoms with E-state index in [1.165, 1.54) is 56.5 Å². The Labute approximate surface area is 122 Å². The van der Waals surface area contributed by atoms with Gasteiger partial charge in [-0.2, -0.15) is 0 Å². The lowest BCUT2D eigenvalue weighted by Gasteiger charge is -2.24. The van der Waals surface area contributed by atoms with Gasteiger partial charge < -0.3 is 5.32 Å². The van der Waals surface area contributed by atoms with Gasteiger partial charge in [0.2, 0.25) is 0 Å². The molecule has 2 heterocycles. The Balaban J connectivity index is 1.65. The third-order valence-electron chi connectivity index (χ3n) is 4.70. The molecule has 0 radical (unpaired) electrons. The Kier molecular flexibility index (Phi) is 4.51. The van der Waals surface area contributed by atoms with Crippen molar-refractivity contribution in [1.82, 2.24) is 14.9 Å². The molecule has 1 aromatic rings. The van der Waals surface area contributed by atoms with Crippen molar-refractivity contribution in [3.8, 4) is 0 Å². The molecule has 1 aromatic heterocycles. The summed E-state index contributed by atoms with van der Waals surface area (Å²) in [6.07, 6.45) is 10.6. The van der Waals surface area contributed by atoms with E-state index in [1.54, 1.807) is 6.33 Å². The molecule has 1 saturated heterocycles. The first-order valence-electron chi connectivity index (χ1n) is 8.15. The molecule has 1 N–H and O–H groups in total. The molecule has 1 atom stereocenters. The molecule has 0 bridgehead atoms. The van der Waals surface area contributed by atoms with Gasteiger partial charge >= 0.3 is 0 Å². The monoisotopic (exact) mass is 274 g/mol. The number of nitrogens with zero attached hydrogens (tertiary/aromatic N) is 3. The van der Waals surface area contributed by atoms with E-state index in [9.17, 15) is 0 Å². The number of rotatable bonds is 4. The van der Waals surface area contributed by atoms with Crippen LogP contribution in [0.1, 0.15) is 50.3 Å². The predicted molar refractivity (Wildman–Crippen MR) is 82.0 cm³/mol. The number of aryl methyl sites for hydroxylation is 1. The molecule has 4 nitrogen and oxygen atoms in total. The van der Waals surface area contributed by atoms with Gasteiger partial charge in [-0.15, -0.1) is 0 Å². The molecule has 0 saturated carbocycles. The normalized spacial score (nSPS) is 21.2. The summed E-state index contributed by atoms with van der Waals surface area (Å²) >= 11 is 0. The number of hydrogen-bond acceptors (Lipinski definition) is 4. The van der Waals surface area contributed by atoms with Gasteiger partial charge in [0.15, 0.2) is 0 Å². The number of fused-ring (bicyclic) bond motifs is 1. The standard InChI is InChI=1S/C16H26N4/c1-13(20-9-5-6-10-20)11-17-16-14-7-3-2-4-8-15(14)18-12-19-16/h12-13H,2-11H2,1H3,(H,17,18,19). The van der Waals surface area contributed by atoms with Gasteiger partial charge in [0.1, 0.15) is 12.1 Å². The highest BCUT2D eigenvalue weighted by atomic mass is 15.2. The van der Waals surface area contributed by atoms with E-state index < -0.39 is 0 Å². The largest absolute Gasteiger partial charge is 0.368 e. The molecule has 20 heavy (non-hydrogen) atoms. The first kappa shape index (κ1) is 13.8. The minimum Gasteiger partial charge on any atom is -0.368 e. The van der Waals surface area contributed by atoms with Gasteiger partial charge in [-0.25, -0.2) is 9.97 Å². The van der Waals surface area contributed by atoms with E-state index in [-0.39, 0.29) is 0 Å². The maximum Gasteiger partial charge on any atom is 0.132 e. The zero-order valence-corrected chi connectivity index (χ0v) is 12.6. The van der Waals surface area contributed by atoms with Gasteiger partial charge in [0.05, 0.1) is 0 Å². The minimum absolute atomic E-state index is 0.592. The van der Waals surface area contributed by atoms with Crippen LogP contribution in [0.15, 0.2) is 6.33 Å². The fraction of sp³-hybridized carbons (Fsp3) is 0.750. The number of likely N-dealkylation sites (tertiary alicyclic amines) is 1. The molecule has 1 fully saturated rings. The second kappa shape index (κ2) is 6.53. The second-order valence-electron chi connectivity index (χ2n) is 6.18. The topological polar surface area (TPSA) is 41.1 Å². The number of nitrogens with one attached hydrogen (secondary N) is 1. The summed E-state index contributed by atoms with van der Waals surface area (Å²) in [5.41, 5.74) is 2.65. The summed E-state index contributed by atoms with van der Waals surface area (Å²) in [6, 6.07) is 0.592. The molecule has 3 rings (SSSR count). The van der Waals surface area contributed by atoms with Crippen LogP contribution in [0.3, 0.4) is 0 Å². The average molecular weight is 274 g/mol. The van der Waals surface area contributed by atoms with Crippen molar-refractivity contribution in [2.45, 2.75) is 57.9 Å². The predicted octanol–water partition coefficient (Wildman–Crippen LogP) is 2.64. The molecule has 1 aliphatic heterocycles. The second-order valence-corrected chi connectivity index (χ2v) is 6.18. The van der Waals surface area contributed by atoms with Crippen LogP contribution in [-0.4, -0.2) is 40.5 Å². The Morgan fingerprint density at radius 3 is 2.75 bits per heavy atom. The summed E-state index contributed by atoms with van der Waals surface area (Å²) in [6.45, 7) is 5.82. The van der Waals surface area contributed by atoms with Crippen molar-refractivity contribution in [3.63, 3.8) is 0 Å². The van der Waals surface area contributed by atoms with Crippen LogP contribution in [0.5, 0.6) is 0 Å². The smallest absolute Gasteiger partial charge is 0.132 e. The van der Waals surface area contributed by atoms with Crippen LogP contribution in [0.25, 0.3) is 0 Å². The molecule has 2 aliphatic rings. The zero-order valence-electron chi connectivity index (χ0n) is 12.6. The van der Waals surface area contributed by atoms with Crippen LogP contribution in [0.2, 0.25) is 0 Å². The van der Waals surface area contributed by atoms with E-state index >= 15 is 0 Å². The first-order valence-corrected chi connectivity index (χ1v) is 8.15. The summed E-state index contributed by atoms with van der Waals surface area (Å²) in [7, 11) is 0. The highest BCUT2D eigenvalue weighted by Gasteiger charge is 2.19. The first-order chi connectivity index (χ1) is 9.84. The van der Waals surface area contributed by atoms with Crippen LogP contribution in [0.4, 0.5) is 5.82 Å². The van der Waals surface area contributed by atoms with Crippen LogP contribution < -0.4 is 5.32 Å². The lowest BCUT2D eigenvalue weighted by molar-refractivity contribution is 0.269. The van der Waals surface area contributed by atoms with Crippen LogP contribution >= 0.6 is 0 Å². The van der Waals surface area contributed by atoms with Crippen molar-refractivity contribution in [1.29, 1.82) is 0 Å². The highest BCUT2D eigenvalue weighted by Crippen LogP contribution is 2.24. The minimum atomic E-state index is 0.592. The fourth-order valence-corrected chi connectivity index (χ4v) is 3.41. The van der Waals surface area contributed by atoms with E-state index in [2.05, 4.69) is 27.1 Å². The van der Waals surface area contributed by atoms with Crippen molar-refractivity contribution in [2.75, 3.05) is 25.0 Å². The quantitative estimate of drug-likeness (QED) is 0.857. The van der Waals surface area contributed by atoms with Gasteiger partial charge in [0.25, 0.3) is 0 Å². The summed E-state index contributed by atoms with van der Waals surface area (Å²) in [5, 5.41) is 3.58. The van der Waals surface area contributed by atoms with Crippen LogP contribution in [-0.2, 0) is 12.8 Å². The average Bonchev–Trinajstić information content (AvgIpc) is 2.90. The lowest BCUT2D eigenvalue weighted by Crippen LogP contribution is -2.35. The molecule has 0 spiro atoms. The van der Waals surface area contributed by atoms with E-state index in [0.717, 1.165) is 25.2 Å². The molecular weight excluding hydrogens is 248 g/mol. The van der Waals surface area contributed by atoms with Gasteiger partial charge in [0, 0.05) is 23.8 Å². The van der Waals surface area contributed by atoms with Gasteiger partial charge in [-0.1, -0.05) is 6.42 Å². The molecule has 0 aromatic carbocycles. The summed E-state index contributed by atoms with van der Waals surface area (Å²) < 4.78 is 0. The third kappa shape index (κ3) is 3.11. The third-order valence-corrected chi connectivity index (χ3v) is 4.70. The van der Waals surface area contributed by atoms with E-state index in [0.29, 0.717) is 6.04 Å². The maximum absolute atomic E-state index is 4.49. The Morgan fingerprint density at radius 1 is 1.10 bits per heavy atom. The Bertz CT molecular complexity index is 440.